The molecule has 0 amide bonds. The summed E-state index contributed by atoms with van der Waals surface area (Å²) in [6, 6.07) is 4.03. The third-order valence-corrected chi connectivity index (χ3v) is 5.50. The van der Waals surface area contributed by atoms with Crippen LogP contribution < -0.4 is 5.46 Å². The van der Waals surface area contributed by atoms with Gasteiger partial charge in [-0.2, -0.15) is 0 Å². The summed E-state index contributed by atoms with van der Waals surface area (Å²) in [7, 11) is -0.434. The summed E-state index contributed by atoms with van der Waals surface area (Å²) in [6.45, 7) is 5.89. The predicted octanol–water partition coefficient (Wildman–Crippen LogP) is 6.05. The van der Waals surface area contributed by atoms with E-state index in [4.69, 9.17) is 32.5 Å². The third-order valence-electron chi connectivity index (χ3n) is 4.88. The third kappa shape index (κ3) is 6.79. The average Bonchev–Trinajstić information content (AvgIpc) is 2.60. The van der Waals surface area contributed by atoms with Gasteiger partial charge in [-0.15, -0.1) is 0 Å². The zero-order valence-electron chi connectivity index (χ0n) is 15.7. The Morgan fingerprint density at radius 3 is 2.12 bits per heavy atom. The summed E-state index contributed by atoms with van der Waals surface area (Å²) >= 11 is 13.0. The number of halogens is 2. The lowest BCUT2D eigenvalue weighted by Gasteiger charge is -2.28. The van der Waals surface area contributed by atoms with Crippen molar-refractivity contribution in [1.82, 2.24) is 0 Å². The highest BCUT2D eigenvalue weighted by Crippen LogP contribution is 2.23. The molecule has 0 aromatic heterocycles. The van der Waals surface area contributed by atoms with Crippen LogP contribution in [0.4, 0.5) is 0 Å². The van der Waals surface area contributed by atoms with Gasteiger partial charge < -0.3 is 9.31 Å². The van der Waals surface area contributed by atoms with Crippen molar-refractivity contribution in [2.75, 3.05) is 13.2 Å². The minimum Gasteiger partial charge on any atom is -0.407 e. The second kappa shape index (κ2) is 11.5. The highest BCUT2D eigenvalue weighted by atomic mass is 35.5. The van der Waals surface area contributed by atoms with E-state index >= 15 is 0 Å². The fourth-order valence-electron chi connectivity index (χ4n) is 3.32. The number of hydrogen-bond acceptors (Lipinski definition) is 2. The highest BCUT2D eigenvalue weighted by molar-refractivity contribution is 6.68. The van der Waals surface area contributed by atoms with E-state index in [9.17, 15) is 0 Å². The van der Waals surface area contributed by atoms with Crippen LogP contribution in [-0.4, -0.2) is 20.3 Å². The van der Waals surface area contributed by atoms with Gasteiger partial charge in [-0.05, 0) is 37.0 Å². The summed E-state index contributed by atoms with van der Waals surface area (Å²) in [5.41, 5.74) is 1.98. The minimum absolute atomic E-state index is 0.434. The Kier molecular flexibility index (Phi) is 9.69. The smallest absolute Gasteiger partial charge is 0.407 e. The average molecular weight is 385 g/mol. The van der Waals surface area contributed by atoms with Crippen molar-refractivity contribution in [2.45, 2.75) is 71.6 Å². The Labute approximate surface area is 163 Å². The van der Waals surface area contributed by atoms with Crippen LogP contribution in [0.2, 0.25) is 10.0 Å². The van der Waals surface area contributed by atoms with E-state index < -0.39 is 7.12 Å². The number of rotatable bonds is 10. The molecule has 2 rings (SSSR count). The van der Waals surface area contributed by atoms with Gasteiger partial charge in [0.25, 0.3) is 0 Å². The molecule has 1 aromatic carbocycles. The van der Waals surface area contributed by atoms with Crippen molar-refractivity contribution in [2.24, 2.45) is 5.92 Å². The second-order valence-corrected chi connectivity index (χ2v) is 7.96. The van der Waals surface area contributed by atoms with E-state index in [1.54, 1.807) is 0 Å². The Morgan fingerprint density at radius 1 is 0.920 bits per heavy atom. The van der Waals surface area contributed by atoms with Gasteiger partial charge in [-0.25, -0.2) is 0 Å². The van der Waals surface area contributed by atoms with Crippen molar-refractivity contribution in [3.8, 4) is 0 Å². The molecule has 0 atom stereocenters. The molecular weight excluding hydrogens is 354 g/mol. The SMILES string of the molecule is CCCCCCC1COB(c2c(Cl)cc(CCCCC)cc2Cl)OC1. The van der Waals surface area contributed by atoms with Crippen LogP contribution in [0.3, 0.4) is 0 Å². The van der Waals surface area contributed by atoms with Crippen LogP contribution >= 0.6 is 23.2 Å². The second-order valence-electron chi connectivity index (χ2n) is 7.14. The van der Waals surface area contributed by atoms with Crippen LogP contribution in [0.1, 0.15) is 70.8 Å². The topological polar surface area (TPSA) is 18.5 Å². The maximum atomic E-state index is 6.49. The lowest BCUT2D eigenvalue weighted by atomic mass is 9.76. The number of unbranched alkanes of at least 4 members (excludes halogenated alkanes) is 5. The lowest BCUT2D eigenvalue weighted by Crippen LogP contribution is -2.45. The molecule has 0 saturated carbocycles. The molecule has 1 aliphatic rings. The summed E-state index contributed by atoms with van der Waals surface area (Å²) in [6.07, 6.45) is 10.9. The van der Waals surface area contributed by atoms with Gasteiger partial charge in [0.05, 0.1) is 0 Å². The van der Waals surface area contributed by atoms with Crippen molar-refractivity contribution < 1.29 is 9.31 Å². The predicted molar refractivity (Wildman–Crippen MR) is 109 cm³/mol. The van der Waals surface area contributed by atoms with Crippen molar-refractivity contribution >= 4 is 35.8 Å². The van der Waals surface area contributed by atoms with Gasteiger partial charge in [0.1, 0.15) is 0 Å². The molecule has 0 bridgehead atoms. The molecule has 0 aliphatic carbocycles. The molecule has 0 spiro atoms. The molecule has 0 N–H and O–H groups in total. The number of aryl methyl sites for hydroxylation is 1. The number of hydrogen-bond donors (Lipinski definition) is 0. The fourth-order valence-corrected chi connectivity index (χ4v) is 4.03. The summed E-state index contributed by atoms with van der Waals surface area (Å²) in [5, 5.41) is 1.32. The van der Waals surface area contributed by atoms with E-state index in [-0.39, 0.29) is 0 Å². The molecule has 1 fully saturated rings. The molecule has 1 saturated heterocycles. The van der Waals surface area contributed by atoms with Crippen LogP contribution in [-0.2, 0) is 15.7 Å². The summed E-state index contributed by atoms with van der Waals surface area (Å²) in [5.74, 6) is 0.485. The van der Waals surface area contributed by atoms with E-state index in [2.05, 4.69) is 13.8 Å². The van der Waals surface area contributed by atoms with Crippen molar-refractivity contribution in [1.29, 1.82) is 0 Å². The maximum absolute atomic E-state index is 6.49. The van der Waals surface area contributed by atoms with E-state index in [0.29, 0.717) is 16.0 Å². The molecule has 140 valence electrons. The largest absolute Gasteiger partial charge is 0.496 e. The van der Waals surface area contributed by atoms with Gasteiger partial charge in [0.15, 0.2) is 0 Å². The zero-order valence-corrected chi connectivity index (χ0v) is 17.2. The Morgan fingerprint density at radius 2 is 1.52 bits per heavy atom. The van der Waals surface area contributed by atoms with Crippen molar-refractivity contribution in [3.63, 3.8) is 0 Å². The molecule has 25 heavy (non-hydrogen) atoms. The van der Waals surface area contributed by atoms with Crippen LogP contribution in [0, 0.1) is 5.92 Å². The minimum atomic E-state index is -0.434. The normalized spacial score (nSPS) is 15.8. The first-order chi connectivity index (χ1) is 12.2. The zero-order chi connectivity index (χ0) is 18.1. The number of benzene rings is 1. The molecule has 0 unspecified atom stereocenters. The van der Waals surface area contributed by atoms with Gasteiger partial charge in [-0.1, -0.05) is 75.6 Å². The molecule has 1 aliphatic heterocycles. The van der Waals surface area contributed by atoms with E-state index in [1.807, 2.05) is 12.1 Å². The first-order valence-electron chi connectivity index (χ1n) is 9.86. The molecule has 0 radical (unpaired) electrons. The standard InChI is InChI=1S/C20H31BCl2O2/c1-3-5-7-9-11-17-14-24-21(25-15-17)20-18(22)12-16(13-19(20)23)10-8-6-4-2/h12-13,17H,3-11,14-15H2,1-2H3. The molecular formula is C20H31BCl2O2. The highest BCUT2D eigenvalue weighted by Gasteiger charge is 2.32. The molecule has 5 heteroatoms. The van der Waals surface area contributed by atoms with Gasteiger partial charge in [-0.3, -0.25) is 0 Å². The Balaban J connectivity index is 1.87. The first-order valence-corrected chi connectivity index (χ1v) is 10.6. The van der Waals surface area contributed by atoms with Crippen LogP contribution in [0.15, 0.2) is 12.1 Å². The first kappa shape index (κ1) is 21.1. The molecule has 1 heterocycles. The van der Waals surface area contributed by atoms with Crippen LogP contribution in [0.25, 0.3) is 0 Å². The Hall–Kier alpha value is -0.215. The quantitative estimate of drug-likeness (QED) is 0.360. The van der Waals surface area contributed by atoms with Crippen LogP contribution in [0.5, 0.6) is 0 Å². The summed E-state index contributed by atoms with van der Waals surface area (Å²) < 4.78 is 11.9. The monoisotopic (exact) mass is 384 g/mol. The van der Waals surface area contributed by atoms with Crippen molar-refractivity contribution in [3.05, 3.63) is 27.7 Å². The van der Waals surface area contributed by atoms with Gasteiger partial charge in [0, 0.05) is 34.6 Å². The molecule has 2 nitrogen and oxygen atoms in total. The van der Waals surface area contributed by atoms with E-state index in [1.165, 1.54) is 56.9 Å². The fraction of sp³-hybridized carbons (Fsp3) is 0.700. The maximum Gasteiger partial charge on any atom is 0.496 e. The summed E-state index contributed by atoms with van der Waals surface area (Å²) in [4.78, 5) is 0. The van der Waals surface area contributed by atoms with E-state index in [0.717, 1.165) is 25.1 Å². The molecule has 1 aromatic rings. The van der Waals surface area contributed by atoms with Gasteiger partial charge >= 0.3 is 7.12 Å². The lowest BCUT2D eigenvalue weighted by molar-refractivity contribution is 0.0811. The Bertz CT molecular complexity index is 493. The van der Waals surface area contributed by atoms with Gasteiger partial charge in [0.2, 0.25) is 0 Å².